The van der Waals surface area contributed by atoms with Crippen LogP contribution in [0.3, 0.4) is 0 Å². The molecule has 0 amide bonds. The highest BCUT2D eigenvalue weighted by Gasteiger charge is 2.28. The summed E-state index contributed by atoms with van der Waals surface area (Å²) in [7, 11) is 0. The molecule has 2 atom stereocenters. The van der Waals surface area contributed by atoms with E-state index < -0.39 is 0 Å². The number of aromatic nitrogens is 5. The number of hydrogen-bond acceptors (Lipinski definition) is 5. The predicted octanol–water partition coefficient (Wildman–Crippen LogP) is 2.01. The molecule has 4 rings (SSSR count). The van der Waals surface area contributed by atoms with Gasteiger partial charge in [-0.1, -0.05) is 36.6 Å². The van der Waals surface area contributed by atoms with Gasteiger partial charge in [0, 0.05) is 19.5 Å². The second kappa shape index (κ2) is 6.20. The van der Waals surface area contributed by atoms with Crippen LogP contribution in [-0.2, 0) is 19.5 Å². The molecule has 128 valence electrons. The SMILES string of the molecule is C[C@@H]1CCC[C@H]1Cn1nnc2c1CCN(c1cn[nH]c(=O)c1Cl)C2. The van der Waals surface area contributed by atoms with Crippen molar-refractivity contribution in [2.24, 2.45) is 11.8 Å². The number of rotatable bonds is 3. The summed E-state index contributed by atoms with van der Waals surface area (Å²) < 4.78 is 2.09. The van der Waals surface area contributed by atoms with Crippen LogP contribution in [0.2, 0.25) is 5.02 Å². The van der Waals surface area contributed by atoms with E-state index in [9.17, 15) is 4.79 Å². The van der Waals surface area contributed by atoms with E-state index in [1.54, 1.807) is 6.20 Å². The van der Waals surface area contributed by atoms with Crippen molar-refractivity contribution in [3.63, 3.8) is 0 Å². The van der Waals surface area contributed by atoms with Gasteiger partial charge in [0.15, 0.2) is 0 Å². The average Bonchev–Trinajstić information content (AvgIpc) is 3.17. The molecule has 24 heavy (non-hydrogen) atoms. The zero-order chi connectivity index (χ0) is 16.7. The minimum atomic E-state index is -0.362. The molecule has 0 unspecified atom stereocenters. The normalized spacial score (nSPS) is 23.5. The Morgan fingerprint density at radius 2 is 2.29 bits per heavy atom. The van der Waals surface area contributed by atoms with Crippen LogP contribution in [0.15, 0.2) is 11.0 Å². The number of H-pyrrole nitrogens is 1. The van der Waals surface area contributed by atoms with Crippen LogP contribution >= 0.6 is 11.6 Å². The molecular formula is C16H21ClN6O. The zero-order valence-electron chi connectivity index (χ0n) is 13.7. The van der Waals surface area contributed by atoms with Crippen molar-refractivity contribution in [1.29, 1.82) is 0 Å². The molecule has 1 aliphatic carbocycles. The van der Waals surface area contributed by atoms with E-state index in [-0.39, 0.29) is 10.6 Å². The fraction of sp³-hybridized carbons (Fsp3) is 0.625. The number of aromatic amines is 1. The second-order valence-corrected chi connectivity index (χ2v) is 7.28. The Kier molecular flexibility index (Phi) is 4.04. The molecule has 2 aromatic rings. The van der Waals surface area contributed by atoms with Gasteiger partial charge in [0.2, 0.25) is 0 Å². The van der Waals surface area contributed by atoms with Crippen LogP contribution in [-0.4, -0.2) is 31.7 Å². The van der Waals surface area contributed by atoms with Gasteiger partial charge in [0.05, 0.1) is 24.1 Å². The van der Waals surface area contributed by atoms with Crippen LogP contribution < -0.4 is 10.5 Å². The topological polar surface area (TPSA) is 79.7 Å². The van der Waals surface area contributed by atoms with Crippen molar-refractivity contribution in [2.75, 3.05) is 11.4 Å². The summed E-state index contributed by atoms with van der Waals surface area (Å²) in [5.41, 5.74) is 2.49. The lowest BCUT2D eigenvalue weighted by Gasteiger charge is -2.28. The first-order valence-electron chi connectivity index (χ1n) is 8.53. The number of anilines is 1. The molecule has 0 saturated heterocycles. The monoisotopic (exact) mass is 348 g/mol. The molecule has 1 aliphatic heterocycles. The summed E-state index contributed by atoms with van der Waals surface area (Å²) in [6.07, 6.45) is 6.38. The molecule has 1 saturated carbocycles. The largest absolute Gasteiger partial charge is 0.362 e. The Morgan fingerprint density at radius 3 is 3.08 bits per heavy atom. The van der Waals surface area contributed by atoms with Crippen LogP contribution in [0, 0.1) is 11.8 Å². The molecule has 1 fully saturated rings. The highest BCUT2D eigenvalue weighted by molar-refractivity contribution is 6.32. The molecule has 0 aromatic carbocycles. The van der Waals surface area contributed by atoms with E-state index >= 15 is 0 Å². The van der Waals surface area contributed by atoms with Crippen LogP contribution in [0.1, 0.15) is 37.6 Å². The van der Waals surface area contributed by atoms with Gasteiger partial charge in [0.25, 0.3) is 5.56 Å². The third kappa shape index (κ3) is 2.70. The minimum absolute atomic E-state index is 0.181. The Bertz CT molecular complexity index is 800. The van der Waals surface area contributed by atoms with Gasteiger partial charge in [-0.05, 0) is 18.3 Å². The van der Waals surface area contributed by atoms with Gasteiger partial charge >= 0.3 is 0 Å². The van der Waals surface area contributed by atoms with E-state index in [1.165, 1.54) is 25.0 Å². The summed E-state index contributed by atoms with van der Waals surface area (Å²) in [6, 6.07) is 0. The molecule has 1 N–H and O–H groups in total. The summed E-state index contributed by atoms with van der Waals surface area (Å²) in [6.45, 7) is 4.70. The molecule has 0 radical (unpaired) electrons. The number of nitrogens with zero attached hydrogens (tertiary/aromatic N) is 5. The number of hydrogen-bond donors (Lipinski definition) is 1. The number of nitrogens with one attached hydrogen (secondary N) is 1. The third-order valence-electron chi connectivity index (χ3n) is 5.44. The van der Waals surface area contributed by atoms with Gasteiger partial charge in [-0.2, -0.15) is 5.10 Å². The van der Waals surface area contributed by atoms with Gasteiger partial charge in [-0.15, -0.1) is 5.10 Å². The fourth-order valence-electron chi connectivity index (χ4n) is 3.93. The van der Waals surface area contributed by atoms with Crippen molar-refractivity contribution in [3.8, 4) is 0 Å². The maximum atomic E-state index is 11.6. The standard InChI is InChI=1S/C16H21ClN6O/c1-10-3-2-4-11(10)8-23-13-5-6-22(9-12(13)19-21-23)14-7-18-20-16(24)15(14)17/h7,10-11H,2-6,8-9H2,1H3,(H,20,24)/t10-,11+/m1/s1. The average molecular weight is 349 g/mol. The second-order valence-electron chi connectivity index (χ2n) is 6.90. The summed E-state index contributed by atoms with van der Waals surface area (Å²) in [5, 5.41) is 15.1. The summed E-state index contributed by atoms with van der Waals surface area (Å²) in [4.78, 5) is 13.7. The Balaban J connectivity index is 1.54. The first-order chi connectivity index (χ1) is 11.6. The lowest BCUT2D eigenvalue weighted by Crippen LogP contribution is -2.33. The number of halogens is 1. The molecule has 3 heterocycles. The Labute approximate surface area is 145 Å². The van der Waals surface area contributed by atoms with Crippen molar-refractivity contribution in [2.45, 2.75) is 45.7 Å². The number of fused-ring (bicyclic) bond motifs is 1. The fourth-order valence-corrected chi connectivity index (χ4v) is 4.14. The van der Waals surface area contributed by atoms with Crippen LogP contribution in [0.5, 0.6) is 0 Å². The lowest BCUT2D eigenvalue weighted by atomic mass is 9.98. The maximum absolute atomic E-state index is 11.6. The lowest BCUT2D eigenvalue weighted by molar-refractivity contribution is 0.338. The smallest absolute Gasteiger partial charge is 0.285 e. The quantitative estimate of drug-likeness (QED) is 0.917. The third-order valence-corrected chi connectivity index (χ3v) is 5.81. The van der Waals surface area contributed by atoms with Crippen molar-refractivity contribution in [1.82, 2.24) is 25.2 Å². The van der Waals surface area contributed by atoms with E-state index in [2.05, 4.69) is 32.1 Å². The van der Waals surface area contributed by atoms with Gasteiger partial charge in [-0.3, -0.25) is 4.79 Å². The zero-order valence-corrected chi connectivity index (χ0v) is 14.5. The molecule has 7 nitrogen and oxygen atoms in total. The summed E-state index contributed by atoms with van der Waals surface area (Å²) in [5.74, 6) is 1.48. The predicted molar refractivity (Wildman–Crippen MR) is 91.1 cm³/mol. The van der Waals surface area contributed by atoms with Crippen molar-refractivity contribution in [3.05, 3.63) is 33.0 Å². The molecule has 8 heteroatoms. The van der Waals surface area contributed by atoms with Gasteiger partial charge < -0.3 is 4.90 Å². The van der Waals surface area contributed by atoms with Crippen LogP contribution in [0.4, 0.5) is 5.69 Å². The maximum Gasteiger partial charge on any atom is 0.285 e. The summed E-state index contributed by atoms with van der Waals surface area (Å²) >= 11 is 6.12. The molecule has 2 aliphatic rings. The van der Waals surface area contributed by atoms with Gasteiger partial charge in [0.1, 0.15) is 10.7 Å². The molecule has 0 bridgehead atoms. The van der Waals surface area contributed by atoms with Crippen LogP contribution in [0.25, 0.3) is 0 Å². The van der Waals surface area contributed by atoms with E-state index in [1.807, 2.05) is 4.90 Å². The van der Waals surface area contributed by atoms with Gasteiger partial charge in [-0.25, -0.2) is 9.78 Å². The van der Waals surface area contributed by atoms with E-state index in [4.69, 9.17) is 11.6 Å². The first kappa shape index (κ1) is 15.6. The Morgan fingerprint density at radius 1 is 1.42 bits per heavy atom. The van der Waals surface area contributed by atoms with Crippen molar-refractivity contribution >= 4 is 17.3 Å². The molecular weight excluding hydrogens is 328 g/mol. The Hall–Kier alpha value is -1.89. The minimum Gasteiger partial charge on any atom is -0.362 e. The van der Waals surface area contributed by atoms with Crippen molar-refractivity contribution < 1.29 is 0 Å². The highest BCUT2D eigenvalue weighted by atomic mass is 35.5. The van der Waals surface area contributed by atoms with E-state index in [0.717, 1.165) is 31.1 Å². The van der Waals surface area contributed by atoms with E-state index in [0.29, 0.717) is 18.2 Å². The molecule has 0 spiro atoms. The highest BCUT2D eigenvalue weighted by Crippen LogP contribution is 2.33. The first-order valence-corrected chi connectivity index (χ1v) is 8.90. The molecule has 2 aromatic heterocycles.